The maximum atomic E-state index is 15.5. The Morgan fingerprint density at radius 1 is 0.789 bits per heavy atom. The zero-order chi connectivity index (χ0) is 51.0. The van der Waals surface area contributed by atoms with Gasteiger partial charge in [0.05, 0.1) is 32.3 Å². The first-order chi connectivity index (χ1) is 34.2. The summed E-state index contributed by atoms with van der Waals surface area (Å²) in [4.78, 5) is 46.9. The number of nitrogens with one attached hydrogen (secondary N) is 1. The van der Waals surface area contributed by atoms with Gasteiger partial charge in [-0.05, 0) is 115 Å². The first kappa shape index (κ1) is 56.1. The van der Waals surface area contributed by atoms with Crippen LogP contribution < -0.4 is 14.8 Å². The number of hydrogen-bond donors (Lipinski definition) is 4. The third kappa shape index (κ3) is 21.2. The second-order valence-corrected chi connectivity index (χ2v) is 20.3. The van der Waals surface area contributed by atoms with Crippen LogP contribution in [0.1, 0.15) is 158 Å². The number of methoxy groups -OCH3 is 1. The Hall–Kier alpha value is -5.83. The van der Waals surface area contributed by atoms with E-state index < -0.39 is 17.9 Å². The van der Waals surface area contributed by atoms with E-state index in [1.165, 1.54) is 62.3 Å². The van der Waals surface area contributed by atoms with E-state index in [1.807, 2.05) is 41.1 Å². The van der Waals surface area contributed by atoms with Crippen LogP contribution in [-0.4, -0.2) is 92.3 Å². The minimum atomic E-state index is -1.07. The highest BCUT2D eigenvalue weighted by Gasteiger charge is 2.34. The van der Waals surface area contributed by atoms with Crippen molar-refractivity contribution in [2.75, 3.05) is 33.3 Å². The number of benzene rings is 3. The molecule has 1 fully saturated rings. The van der Waals surface area contributed by atoms with Crippen molar-refractivity contribution in [1.29, 1.82) is 0 Å². The maximum absolute atomic E-state index is 15.5. The Morgan fingerprint density at radius 3 is 2.08 bits per heavy atom. The first-order valence-electron chi connectivity index (χ1n) is 25.9. The molecule has 5 rings (SSSR count). The van der Waals surface area contributed by atoms with Gasteiger partial charge < -0.3 is 30.1 Å². The van der Waals surface area contributed by atoms with E-state index in [0.29, 0.717) is 68.5 Å². The molecule has 1 aliphatic carbocycles. The second-order valence-electron chi connectivity index (χ2n) is 20.3. The highest BCUT2D eigenvalue weighted by atomic mass is 19.1. The van der Waals surface area contributed by atoms with Crippen molar-refractivity contribution in [3.63, 3.8) is 0 Å². The molecule has 3 aromatic carbocycles. The molecule has 4 aromatic rings. The number of carbonyl (C=O) groups excluding carboxylic acids is 1. The van der Waals surface area contributed by atoms with Crippen molar-refractivity contribution >= 4 is 23.8 Å². The van der Waals surface area contributed by atoms with Crippen molar-refractivity contribution in [1.82, 2.24) is 25.2 Å². The summed E-state index contributed by atoms with van der Waals surface area (Å²) >= 11 is 0. The van der Waals surface area contributed by atoms with Gasteiger partial charge in [-0.3, -0.25) is 28.8 Å². The zero-order valence-electron chi connectivity index (χ0n) is 42.3. The Morgan fingerprint density at radius 2 is 1.45 bits per heavy atom. The van der Waals surface area contributed by atoms with Gasteiger partial charge in [0, 0.05) is 37.8 Å². The number of halogens is 1. The second kappa shape index (κ2) is 29.5. The van der Waals surface area contributed by atoms with Gasteiger partial charge in [-0.2, -0.15) is 0 Å². The average molecular weight is 984 g/mol. The fourth-order valence-corrected chi connectivity index (χ4v) is 9.52. The number of ether oxygens (including phenoxy) is 2. The molecule has 0 saturated heterocycles. The summed E-state index contributed by atoms with van der Waals surface area (Å²) in [5, 5.41) is 39.3. The number of carboxylic acid groups (broad SMARTS) is 3. The molecule has 1 aromatic heterocycles. The lowest BCUT2D eigenvalue weighted by Crippen LogP contribution is -2.36. The Bertz CT molecular complexity index is 2280. The van der Waals surface area contributed by atoms with Gasteiger partial charge in [0.2, 0.25) is 5.91 Å². The van der Waals surface area contributed by atoms with Gasteiger partial charge in [-0.15, -0.1) is 5.10 Å². The van der Waals surface area contributed by atoms with Crippen molar-refractivity contribution in [2.24, 2.45) is 11.3 Å². The van der Waals surface area contributed by atoms with Crippen LogP contribution in [0, 0.1) is 17.2 Å². The molecular formula is C56H78FN5O9. The van der Waals surface area contributed by atoms with Crippen molar-refractivity contribution in [2.45, 2.75) is 161 Å². The smallest absolute Gasteiger partial charge is 0.317 e. The quantitative estimate of drug-likeness (QED) is 0.0313. The summed E-state index contributed by atoms with van der Waals surface area (Å²) in [6.45, 7) is 5.35. The molecule has 1 atom stereocenters. The Kier molecular flexibility index (Phi) is 23.3. The lowest BCUT2D eigenvalue weighted by atomic mass is 9.82. The zero-order valence-corrected chi connectivity index (χ0v) is 42.3. The predicted molar refractivity (Wildman–Crippen MR) is 272 cm³/mol. The summed E-state index contributed by atoms with van der Waals surface area (Å²) in [6, 6.07) is 18.7. The number of rotatable bonds is 37. The van der Waals surface area contributed by atoms with Crippen LogP contribution in [0.2, 0.25) is 0 Å². The summed E-state index contributed by atoms with van der Waals surface area (Å²) in [5.74, 6) is -1.63. The topological polar surface area (TPSA) is 193 Å². The standard InChI is InChI=1S/C56H78FN5O9/c1-56(2,35-44-31-41(23-27-48(44)50-33-46(70-3)26-28-51(50)57)39-71-47-21-17-19-43(32-47)49(34-53(64)65)42-24-25-42)40-62-36-45(59-60-62)20-15-13-11-9-7-5-4-6-8-10-12-14-16-22-52(63)58-29-18-30-61(37-54(66)67)38-55(68)69/h17,19,21,23,26-28,31-33,36,42,49H,4-16,18,20,22,24-25,29-30,34-35,37-40H2,1-3H3,(H,58,63)(H,64,65)(H,66,67)(H,68,69)/t49-/m0/s1. The minimum Gasteiger partial charge on any atom is -0.497 e. The Labute approximate surface area is 419 Å². The van der Waals surface area contributed by atoms with Gasteiger partial charge in [0.25, 0.3) is 0 Å². The molecule has 0 spiro atoms. The number of nitrogens with zero attached hydrogens (tertiary/aromatic N) is 4. The number of unbranched alkanes of at least 4 members (excludes halogenated alkanes) is 12. The summed E-state index contributed by atoms with van der Waals surface area (Å²) in [7, 11) is 1.58. The van der Waals surface area contributed by atoms with Gasteiger partial charge >= 0.3 is 17.9 Å². The summed E-state index contributed by atoms with van der Waals surface area (Å²) < 4.78 is 29.2. The van der Waals surface area contributed by atoms with E-state index in [1.54, 1.807) is 19.2 Å². The fourth-order valence-electron chi connectivity index (χ4n) is 9.52. The van der Waals surface area contributed by atoms with E-state index in [0.717, 1.165) is 79.3 Å². The normalized spacial score (nSPS) is 13.0. The molecule has 0 unspecified atom stereocenters. The number of amides is 1. The monoisotopic (exact) mass is 984 g/mol. The first-order valence-corrected chi connectivity index (χ1v) is 25.9. The summed E-state index contributed by atoms with van der Waals surface area (Å²) in [5.41, 5.74) is 4.92. The van der Waals surface area contributed by atoms with Crippen molar-refractivity contribution in [3.05, 3.63) is 95.1 Å². The van der Waals surface area contributed by atoms with Crippen molar-refractivity contribution < 1.29 is 48.4 Å². The lowest BCUT2D eigenvalue weighted by molar-refractivity contribution is -0.142. The van der Waals surface area contributed by atoms with Gasteiger partial charge in [0.1, 0.15) is 23.9 Å². The summed E-state index contributed by atoms with van der Waals surface area (Å²) in [6.07, 6.45) is 21.9. The minimum absolute atomic E-state index is 0.0180. The molecule has 1 heterocycles. The van der Waals surface area contributed by atoms with Crippen LogP contribution in [-0.2, 0) is 45.2 Å². The molecular weight excluding hydrogens is 906 g/mol. The van der Waals surface area contributed by atoms with E-state index in [2.05, 4.69) is 41.7 Å². The third-order valence-corrected chi connectivity index (χ3v) is 13.3. The SMILES string of the molecule is COc1ccc(F)c(-c2ccc(COc3cccc([C@@H](CC(=O)O)C4CC4)c3)cc2CC(C)(C)Cn2cc(CCCCCCCCCCCCCCCC(=O)NCCCN(CC(=O)O)CC(=O)O)nn2)c1. The molecule has 0 aliphatic heterocycles. The van der Waals surface area contributed by atoms with Gasteiger partial charge in [-0.1, -0.05) is 120 Å². The molecule has 1 amide bonds. The van der Waals surface area contributed by atoms with Gasteiger partial charge in [0.15, 0.2) is 0 Å². The Balaban J connectivity index is 0.971. The molecule has 4 N–H and O–H groups in total. The molecule has 388 valence electrons. The van der Waals surface area contributed by atoms with Crippen LogP contribution >= 0.6 is 0 Å². The third-order valence-electron chi connectivity index (χ3n) is 13.3. The number of carboxylic acids is 3. The van der Waals surface area contributed by atoms with Crippen LogP contribution in [0.15, 0.2) is 66.9 Å². The lowest BCUT2D eigenvalue weighted by Gasteiger charge is -2.26. The molecule has 1 saturated carbocycles. The fraction of sp³-hybridized carbons (Fsp3) is 0.571. The number of hydrogen-bond acceptors (Lipinski definition) is 9. The molecule has 14 nitrogen and oxygen atoms in total. The number of aromatic nitrogens is 3. The van der Waals surface area contributed by atoms with E-state index in [-0.39, 0.29) is 42.6 Å². The average Bonchev–Trinajstić information content (AvgIpc) is 4.08. The van der Waals surface area contributed by atoms with Crippen molar-refractivity contribution in [3.8, 4) is 22.6 Å². The number of aliphatic carboxylic acids is 3. The predicted octanol–water partition coefficient (Wildman–Crippen LogP) is 10.9. The highest BCUT2D eigenvalue weighted by Crippen LogP contribution is 2.45. The van der Waals surface area contributed by atoms with E-state index in [9.17, 15) is 24.3 Å². The van der Waals surface area contributed by atoms with Crippen LogP contribution in [0.4, 0.5) is 4.39 Å². The molecule has 1 aliphatic rings. The number of aryl methyl sites for hydroxylation is 1. The van der Waals surface area contributed by atoms with Gasteiger partial charge in [-0.25, -0.2) is 4.39 Å². The largest absolute Gasteiger partial charge is 0.497 e. The van der Waals surface area contributed by atoms with E-state index in [4.69, 9.17) is 19.7 Å². The molecule has 15 heteroatoms. The molecule has 71 heavy (non-hydrogen) atoms. The highest BCUT2D eigenvalue weighted by molar-refractivity contribution is 5.76. The molecule has 0 bridgehead atoms. The van der Waals surface area contributed by atoms with Crippen LogP contribution in [0.3, 0.4) is 0 Å². The molecule has 0 radical (unpaired) electrons. The van der Waals surface area contributed by atoms with Crippen LogP contribution in [0.25, 0.3) is 11.1 Å². The maximum Gasteiger partial charge on any atom is 0.317 e. The number of carbonyl (C=O) groups is 4. The van der Waals surface area contributed by atoms with Crippen LogP contribution in [0.5, 0.6) is 11.5 Å². The van der Waals surface area contributed by atoms with E-state index >= 15 is 4.39 Å².